The van der Waals surface area contributed by atoms with Gasteiger partial charge in [-0.15, -0.1) is 0 Å². The van der Waals surface area contributed by atoms with Gasteiger partial charge in [0.15, 0.2) is 0 Å². The highest BCUT2D eigenvalue weighted by atomic mass is 16.4. The number of nitrogens with two attached hydrogens (primary N) is 2. The quantitative estimate of drug-likeness (QED) is 0.0302. The van der Waals surface area contributed by atoms with Crippen LogP contribution in [0.3, 0.4) is 0 Å². The standard InChI is InChI=1S/C43H74N12O13/c1-23(2)11-12-27(53-40(64)28(13-14-33(45)57)51-34(58)20-48-39(63)30-18-26(56)19-46-30)38(62)47-21-35(59)52-31(17-24(3)4)41(65)50-25(5)37(61)49-22-36(60)55-16-8-10-32(55)42(66)54-29(43(67)68)9-6-7-15-44/h23-32,46,56H,6-22,44H2,1-5H3,(H2,45,57)(H,47,62)(H,48,63)(H,49,61)(H,50,65)(H,51,58)(H,52,59)(H,53,64)(H,54,66)(H,67,68)/t25-,26-,27-,28+,29+,30+,31-,32+/m1/s1. The van der Waals surface area contributed by atoms with Gasteiger partial charge in [-0.3, -0.25) is 47.9 Å². The third-order valence-electron chi connectivity index (χ3n) is 11.2. The van der Waals surface area contributed by atoms with Crippen molar-refractivity contribution in [2.24, 2.45) is 23.3 Å². The van der Waals surface area contributed by atoms with E-state index < -0.39 is 133 Å². The van der Waals surface area contributed by atoms with Crippen molar-refractivity contribution in [1.29, 1.82) is 0 Å². The van der Waals surface area contributed by atoms with Crippen molar-refractivity contribution in [2.45, 2.75) is 154 Å². The Morgan fingerprint density at radius 1 is 0.662 bits per heavy atom. The lowest BCUT2D eigenvalue weighted by atomic mass is 10.0. The third-order valence-corrected chi connectivity index (χ3v) is 11.2. The smallest absolute Gasteiger partial charge is 0.326 e. The van der Waals surface area contributed by atoms with Crippen molar-refractivity contribution >= 4 is 65.0 Å². The number of unbranched alkanes of at least 4 members (excludes halogenated alkanes) is 1. The fourth-order valence-electron chi connectivity index (χ4n) is 7.44. The van der Waals surface area contributed by atoms with Gasteiger partial charge < -0.3 is 74.4 Å². The average molecular weight is 967 g/mol. The Kier molecular flexibility index (Phi) is 25.4. The van der Waals surface area contributed by atoms with Gasteiger partial charge in [-0.25, -0.2) is 4.79 Å². The van der Waals surface area contributed by atoms with Gasteiger partial charge in [0.2, 0.25) is 59.1 Å². The van der Waals surface area contributed by atoms with E-state index in [2.05, 4.69) is 47.9 Å². The van der Waals surface area contributed by atoms with E-state index >= 15 is 0 Å². The number of carbonyl (C=O) groups is 11. The summed E-state index contributed by atoms with van der Waals surface area (Å²) < 4.78 is 0. The van der Waals surface area contributed by atoms with Crippen LogP contribution in [-0.2, 0) is 52.7 Å². The van der Waals surface area contributed by atoms with E-state index in [9.17, 15) is 63.0 Å². The van der Waals surface area contributed by atoms with E-state index in [1.54, 1.807) is 13.8 Å². The number of aliphatic hydroxyl groups is 1. The van der Waals surface area contributed by atoms with Gasteiger partial charge >= 0.3 is 5.97 Å². The molecule has 8 atom stereocenters. The molecule has 2 rings (SSSR count). The molecule has 0 radical (unpaired) electrons. The molecule has 0 aliphatic carbocycles. The highest BCUT2D eigenvalue weighted by molar-refractivity contribution is 5.97. The summed E-state index contributed by atoms with van der Waals surface area (Å²) in [4.78, 5) is 142. The lowest BCUT2D eigenvalue weighted by molar-refractivity contribution is -0.144. The van der Waals surface area contributed by atoms with E-state index in [0.717, 1.165) is 0 Å². The minimum Gasteiger partial charge on any atom is -0.480 e. The Hall–Kier alpha value is -5.95. The predicted molar refractivity (Wildman–Crippen MR) is 244 cm³/mol. The molecule has 2 fully saturated rings. The number of likely N-dealkylation sites (tertiary alicyclic amines) is 1. The molecular weight excluding hydrogens is 893 g/mol. The van der Waals surface area contributed by atoms with Crippen LogP contribution >= 0.6 is 0 Å². The van der Waals surface area contributed by atoms with Crippen molar-refractivity contribution in [1.82, 2.24) is 52.8 Å². The molecule has 10 amide bonds. The Bertz CT molecular complexity index is 1780. The van der Waals surface area contributed by atoms with Gasteiger partial charge in [0.1, 0.15) is 36.3 Å². The number of aliphatic hydroxyl groups excluding tert-OH is 1. The maximum absolute atomic E-state index is 13.5. The topological polar surface area (TPSA) is 392 Å². The van der Waals surface area contributed by atoms with Crippen LogP contribution in [0.4, 0.5) is 0 Å². The third kappa shape index (κ3) is 21.3. The summed E-state index contributed by atoms with van der Waals surface area (Å²) in [6, 6.07) is -7.69. The molecule has 0 bridgehead atoms. The summed E-state index contributed by atoms with van der Waals surface area (Å²) in [6.45, 7) is 7.87. The van der Waals surface area contributed by atoms with Gasteiger partial charge in [-0.05, 0) is 89.5 Å². The normalized spacial score (nSPS) is 18.8. The number of β-amino-alcohol motifs (C(OH)–C–C–N with tert-alkyl or cyclic N) is 1. The van der Waals surface area contributed by atoms with Crippen molar-refractivity contribution in [3.05, 3.63) is 0 Å². The average Bonchev–Trinajstić information content (AvgIpc) is 3.95. The molecule has 2 heterocycles. The first-order valence-corrected chi connectivity index (χ1v) is 23.3. The zero-order valence-corrected chi connectivity index (χ0v) is 39.8. The summed E-state index contributed by atoms with van der Waals surface area (Å²) in [5.41, 5.74) is 10.8. The summed E-state index contributed by atoms with van der Waals surface area (Å²) >= 11 is 0. The molecule has 0 aromatic rings. The van der Waals surface area contributed by atoms with Crippen LogP contribution in [0, 0.1) is 11.8 Å². The van der Waals surface area contributed by atoms with Crippen LogP contribution in [0.1, 0.15) is 105 Å². The molecule has 0 saturated carbocycles. The van der Waals surface area contributed by atoms with E-state index in [0.29, 0.717) is 38.6 Å². The first-order valence-electron chi connectivity index (χ1n) is 23.3. The molecule has 15 N–H and O–H groups in total. The number of primary amides is 1. The number of rotatable bonds is 30. The highest BCUT2D eigenvalue weighted by Crippen LogP contribution is 2.18. The van der Waals surface area contributed by atoms with Crippen molar-refractivity contribution in [3.63, 3.8) is 0 Å². The molecule has 25 heteroatoms. The maximum Gasteiger partial charge on any atom is 0.326 e. The summed E-state index contributed by atoms with van der Waals surface area (Å²) in [7, 11) is 0. The summed E-state index contributed by atoms with van der Waals surface area (Å²) in [6.07, 6.45) is 1.63. The van der Waals surface area contributed by atoms with Gasteiger partial charge in [0, 0.05) is 19.5 Å². The number of aliphatic carboxylic acids is 1. The number of amides is 10. The maximum atomic E-state index is 13.5. The number of carboxylic acid groups (broad SMARTS) is 1. The van der Waals surface area contributed by atoms with Gasteiger partial charge in [0.05, 0.1) is 31.8 Å². The molecule has 384 valence electrons. The number of hydrogen-bond acceptors (Lipinski definition) is 14. The minimum absolute atomic E-state index is 0.0861. The molecule has 68 heavy (non-hydrogen) atoms. The first kappa shape index (κ1) is 58.2. The minimum atomic E-state index is -1.34. The lowest BCUT2D eigenvalue weighted by Gasteiger charge is -2.26. The van der Waals surface area contributed by atoms with E-state index in [-0.39, 0.29) is 63.5 Å². The SMILES string of the molecule is CC(C)CC[C@@H](NC(=O)[C@H](CCC(N)=O)NC(=O)CNC(=O)[C@@H]1C[C@@H](O)CN1)C(=O)NCC(=O)N[C@H](CC(C)C)C(=O)N[C@H](C)C(=O)NCC(=O)N1CCC[C@H]1C(=O)N[C@@H](CCCCN)C(=O)O. The molecule has 25 nitrogen and oxygen atoms in total. The Balaban J connectivity index is 2.00. The molecule has 2 saturated heterocycles. The van der Waals surface area contributed by atoms with Crippen LogP contribution in [0.15, 0.2) is 0 Å². The van der Waals surface area contributed by atoms with Crippen LogP contribution < -0.4 is 59.3 Å². The molecule has 0 unspecified atom stereocenters. The molecule has 0 spiro atoms. The molecule has 2 aliphatic rings. The molecule has 2 aliphatic heterocycles. The van der Waals surface area contributed by atoms with Crippen molar-refractivity contribution in [2.75, 3.05) is 39.3 Å². The number of carbonyl (C=O) groups excluding carboxylic acids is 10. The monoisotopic (exact) mass is 967 g/mol. The van der Waals surface area contributed by atoms with E-state index in [1.165, 1.54) is 11.8 Å². The number of carboxylic acids is 1. The second-order valence-corrected chi connectivity index (χ2v) is 18.1. The van der Waals surface area contributed by atoms with Crippen LogP contribution in [0.25, 0.3) is 0 Å². The second kappa shape index (κ2) is 29.7. The zero-order valence-electron chi connectivity index (χ0n) is 39.8. The Labute approximate surface area is 396 Å². The van der Waals surface area contributed by atoms with E-state index in [1.807, 2.05) is 13.8 Å². The molecule has 0 aromatic heterocycles. The first-order chi connectivity index (χ1) is 32.0. The van der Waals surface area contributed by atoms with E-state index in [4.69, 9.17) is 11.5 Å². The fraction of sp³-hybridized carbons (Fsp3) is 0.744. The van der Waals surface area contributed by atoms with Crippen molar-refractivity contribution < 1.29 is 63.0 Å². The second-order valence-electron chi connectivity index (χ2n) is 18.1. The number of nitrogens with one attached hydrogen (secondary N) is 9. The summed E-state index contributed by atoms with van der Waals surface area (Å²) in [5, 5.41) is 42.0. The fourth-order valence-corrected chi connectivity index (χ4v) is 7.44. The lowest BCUT2D eigenvalue weighted by Crippen LogP contribution is -2.57. The predicted octanol–water partition coefficient (Wildman–Crippen LogP) is -4.55. The van der Waals surface area contributed by atoms with Crippen LogP contribution in [-0.4, -0.2) is 168 Å². The van der Waals surface area contributed by atoms with Crippen molar-refractivity contribution in [3.8, 4) is 0 Å². The van der Waals surface area contributed by atoms with Gasteiger partial charge in [-0.2, -0.15) is 0 Å². The van der Waals surface area contributed by atoms with Gasteiger partial charge in [0.25, 0.3) is 0 Å². The largest absolute Gasteiger partial charge is 0.480 e. The van der Waals surface area contributed by atoms with Gasteiger partial charge in [-0.1, -0.05) is 27.7 Å². The Morgan fingerprint density at radius 2 is 1.28 bits per heavy atom. The Morgan fingerprint density at radius 3 is 1.87 bits per heavy atom. The zero-order chi connectivity index (χ0) is 51.1. The number of hydrogen-bond donors (Lipinski definition) is 13. The molecule has 0 aromatic carbocycles. The van der Waals surface area contributed by atoms with Crippen LogP contribution in [0.5, 0.6) is 0 Å². The highest BCUT2D eigenvalue weighted by Gasteiger charge is 2.36. The molecular formula is C43H74N12O13. The summed E-state index contributed by atoms with van der Waals surface area (Å²) in [5.74, 6) is -8.37. The number of nitrogens with zero attached hydrogens (tertiary/aromatic N) is 1. The van der Waals surface area contributed by atoms with Crippen LogP contribution in [0.2, 0.25) is 0 Å².